The number of hydrogen-bond donors (Lipinski definition) is 1. The molecule has 352 valence electrons. The number of esters is 1. The minimum atomic E-state index is -0.156. The second kappa shape index (κ2) is 51.5. The smallest absolute Gasteiger partial charge is 0.305 e. The molecule has 1 N–H and O–H groups in total. The molecular weight excluding hydrogens is 721 g/mol. The van der Waals surface area contributed by atoms with E-state index in [1.807, 2.05) is 11.1 Å². The lowest BCUT2D eigenvalue weighted by molar-refractivity contribution is -0.144. The van der Waals surface area contributed by atoms with Crippen molar-refractivity contribution in [3.63, 3.8) is 0 Å². The lowest BCUT2D eigenvalue weighted by atomic mass is 9.89. The fraction of sp³-hybridized carbons (Fsp3) is 0.946. The highest BCUT2D eigenvalue weighted by molar-refractivity contribution is 5.69. The molecule has 0 aromatic rings. The normalized spacial score (nSPS) is 12.1. The van der Waals surface area contributed by atoms with E-state index in [-0.39, 0.29) is 19.2 Å². The van der Waals surface area contributed by atoms with Crippen molar-refractivity contribution < 1.29 is 14.6 Å². The summed E-state index contributed by atoms with van der Waals surface area (Å²) in [6.07, 6.45) is 66.2. The van der Waals surface area contributed by atoms with Crippen LogP contribution in [0.25, 0.3) is 0 Å². The van der Waals surface area contributed by atoms with Crippen molar-refractivity contribution in [3.8, 4) is 0 Å². The summed E-state index contributed by atoms with van der Waals surface area (Å²) in [7, 11) is 0. The summed E-state index contributed by atoms with van der Waals surface area (Å²) < 4.78 is 5.04. The Labute approximate surface area is 372 Å². The van der Waals surface area contributed by atoms with Crippen LogP contribution in [0.3, 0.4) is 0 Å². The van der Waals surface area contributed by atoms with Gasteiger partial charge < -0.3 is 9.84 Å². The van der Waals surface area contributed by atoms with E-state index < -0.39 is 0 Å². The third-order valence-corrected chi connectivity index (χ3v) is 13.2. The van der Waals surface area contributed by atoms with Crippen LogP contribution < -0.4 is 0 Å². The van der Waals surface area contributed by atoms with E-state index in [0.717, 1.165) is 12.8 Å². The molecule has 0 bridgehead atoms. The maximum absolute atomic E-state index is 11.8. The average Bonchev–Trinajstić information content (AvgIpc) is 3.24. The predicted octanol–water partition coefficient (Wildman–Crippen LogP) is 19.6. The first kappa shape index (κ1) is 58.2. The van der Waals surface area contributed by atoms with Crippen LogP contribution in [0, 0.1) is 0 Å². The van der Waals surface area contributed by atoms with Gasteiger partial charge in [-0.1, -0.05) is 276 Å². The molecule has 3 heteroatoms. The van der Waals surface area contributed by atoms with Gasteiger partial charge in [0.05, 0.1) is 6.61 Å². The molecule has 0 radical (unpaired) electrons. The molecule has 0 saturated carbocycles. The summed E-state index contributed by atoms with van der Waals surface area (Å²) in [5, 5.41) is 8.90. The molecular formula is C56H110O3. The first-order valence-corrected chi connectivity index (χ1v) is 27.7. The Morgan fingerprint density at radius 3 is 0.678 bits per heavy atom. The lowest BCUT2D eigenvalue weighted by Gasteiger charge is -2.17. The summed E-state index contributed by atoms with van der Waals surface area (Å²) in [5.41, 5.74) is 3.73. The van der Waals surface area contributed by atoms with Crippen molar-refractivity contribution in [3.05, 3.63) is 11.1 Å². The van der Waals surface area contributed by atoms with Crippen molar-refractivity contribution in [2.75, 3.05) is 13.2 Å². The summed E-state index contributed by atoms with van der Waals surface area (Å²) in [4.78, 5) is 11.8. The number of carbonyl (C=O) groups excluding carboxylic acids is 1. The van der Waals surface area contributed by atoms with E-state index in [1.165, 1.54) is 289 Å². The van der Waals surface area contributed by atoms with Crippen LogP contribution in [0.2, 0.25) is 0 Å². The van der Waals surface area contributed by atoms with Crippen molar-refractivity contribution in [1.82, 2.24) is 0 Å². The van der Waals surface area contributed by atoms with Gasteiger partial charge >= 0.3 is 5.97 Å². The molecule has 0 atom stereocenters. The standard InChI is InChI=1S/C56H110O3/c1-4-7-10-13-16-18-20-22-24-26-28-30-32-34-38-43-48-54(47-42-37-15-12-9-6-3)55(50-45-40-36-41-46-51-56(58)59-53-52-57)49-44-39-35-33-31-29-27-25-23-21-19-17-14-11-8-5-2/h57H,4-53H2,1-3H3/b55-54+. The molecule has 0 aliphatic rings. The van der Waals surface area contributed by atoms with Crippen LogP contribution in [-0.4, -0.2) is 24.3 Å². The number of aliphatic hydroxyl groups excluding tert-OH is 1. The van der Waals surface area contributed by atoms with Crippen LogP contribution in [0.5, 0.6) is 0 Å². The molecule has 0 rings (SSSR count). The van der Waals surface area contributed by atoms with Crippen molar-refractivity contribution in [2.45, 2.75) is 329 Å². The van der Waals surface area contributed by atoms with Crippen LogP contribution in [0.1, 0.15) is 329 Å². The molecule has 0 spiro atoms. The Bertz CT molecular complexity index is 833. The van der Waals surface area contributed by atoms with Gasteiger partial charge in [0, 0.05) is 6.42 Å². The van der Waals surface area contributed by atoms with Gasteiger partial charge in [0.15, 0.2) is 0 Å². The zero-order valence-corrected chi connectivity index (χ0v) is 41.1. The van der Waals surface area contributed by atoms with E-state index in [4.69, 9.17) is 9.84 Å². The van der Waals surface area contributed by atoms with Crippen molar-refractivity contribution >= 4 is 5.97 Å². The molecule has 0 aromatic carbocycles. The molecule has 0 amide bonds. The number of unbranched alkanes of at least 4 members (excludes halogenated alkanes) is 39. The van der Waals surface area contributed by atoms with Gasteiger partial charge in [-0.2, -0.15) is 0 Å². The van der Waals surface area contributed by atoms with Crippen LogP contribution >= 0.6 is 0 Å². The van der Waals surface area contributed by atoms with E-state index in [1.54, 1.807) is 0 Å². The third kappa shape index (κ3) is 46.5. The van der Waals surface area contributed by atoms with E-state index >= 15 is 0 Å². The number of ether oxygens (including phenoxy) is 1. The second-order valence-corrected chi connectivity index (χ2v) is 19.0. The summed E-state index contributed by atoms with van der Waals surface area (Å²) >= 11 is 0. The largest absolute Gasteiger partial charge is 0.463 e. The monoisotopic (exact) mass is 831 g/mol. The minimum absolute atomic E-state index is 0.0820. The fourth-order valence-electron chi connectivity index (χ4n) is 9.22. The predicted molar refractivity (Wildman–Crippen MR) is 264 cm³/mol. The molecule has 0 saturated heterocycles. The molecule has 0 fully saturated rings. The minimum Gasteiger partial charge on any atom is -0.463 e. The fourth-order valence-corrected chi connectivity index (χ4v) is 9.22. The number of hydrogen-bond acceptors (Lipinski definition) is 3. The summed E-state index contributed by atoms with van der Waals surface area (Å²) in [6, 6.07) is 0. The number of carbonyl (C=O) groups is 1. The number of allylic oxidation sites excluding steroid dienone is 2. The first-order chi connectivity index (χ1) is 29.2. The Morgan fingerprint density at radius 1 is 0.288 bits per heavy atom. The summed E-state index contributed by atoms with van der Waals surface area (Å²) in [6.45, 7) is 7.00. The van der Waals surface area contributed by atoms with Crippen LogP contribution in [0.4, 0.5) is 0 Å². The lowest BCUT2D eigenvalue weighted by Crippen LogP contribution is -2.07. The zero-order valence-electron chi connectivity index (χ0n) is 41.1. The SMILES string of the molecule is CCCCCCCCCCCCCCCCCC/C(CCCCCCCC)=C(\CCCCCCCCCCCCCCCCCC)CCCCCCCC(=O)OCCO. The highest BCUT2D eigenvalue weighted by Gasteiger charge is 2.10. The Hall–Kier alpha value is -0.830. The molecule has 3 nitrogen and oxygen atoms in total. The quantitative estimate of drug-likeness (QED) is 0.0377. The van der Waals surface area contributed by atoms with Crippen LogP contribution in [-0.2, 0) is 9.53 Å². The van der Waals surface area contributed by atoms with Crippen molar-refractivity contribution in [2.24, 2.45) is 0 Å². The van der Waals surface area contributed by atoms with E-state index in [9.17, 15) is 4.79 Å². The Balaban J connectivity index is 4.78. The van der Waals surface area contributed by atoms with Gasteiger partial charge in [0.25, 0.3) is 0 Å². The van der Waals surface area contributed by atoms with Crippen molar-refractivity contribution in [1.29, 1.82) is 0 Å². The van der Waals surface area contributed by atoms with Gasteiger partial charge in [-0.15, -0.1) is 0 Å². The van der Waals surface area contributed by atoms with Gasteiger partial charge in [0.2, 0.25) is 0 Å². The zero-order chi connectivity index (χ0) is 42.8. The molecule has 59 heavy (non-hydrogen) atoms. The second-order valence-electron chi connectivity index (χ2n) is 19.0. The highest BCUT2D eigenvalue weighted by atomic mass is 16.5. The number of aliphatic hydroxyl groups is 1. The van der Waals surface area contributed by atoms with Crippen LogP contribution in [0.15, 0.2) is 11.1 Å². The van der Waals surface area contributed by atoms with E-state index in [0.29, 0.717) is 6.42 Å². The average molecular weight is 831 g/mol. The molecule has 0 heterocycles. The molecule has 0 aromatic heterocycles. The Kier molecular flexibility index (Phi) is 50.8. The Morgan fingerprint density at radius 2 is 0.475 bits per heavy atom. The maximum Gasteiger partial charge on any atom is 0.305 e. The van der Waals surface area contributed by atoms with E-state index in [2.05, 4.69) is 20.8 Å². The molecule has 0 aliphatic heterocycles. The van der Waals surface area contributed by atoms with Gasteiger partial charge in [-0.25, -0.2) is 0 Å². The molecule has 0 unspecified atom stereocenters. The van der Waals surface area contributed by atoms with Gasteiger partial charge in [0.1, 0.15) is 6.61 Å². The summed E-state index contributed by atoms with van der Waals surface area (Å²) in [5.74, 6) is -0.156. The topological polar surface area (TPSA) is 46.5 Å². The maximum atomic E-state index is 11.8. The highest BCUT2D eigenvalue weighted by Crippen LogP contribution is 2.29. The number of rotatable bonds is 51. The van der Waals surface area contributed by atoms with Gasteiger partial charge in [-0.05, 0) is 57.8 Å². The first-order valence-electron chi connectivity index (χ1n) is 27.7. The molecule has 0 aliphatic carbocycles. The van der Waals surface area contributed by atoms with Gasteiger partial charge in [-0.3, -0.25) is 4.79 Å². The third-order valence-electron chi connectivity index (χ3n) is 13.2.